The van der Waals surface area contributed by atoms with Gasteiger partial charge in [-0.1, -0.05) is 35.9 Å². The number of aromatic nitrogens is 3. The van der Waals surface area contributed by atoms with Crippen molar-refractivity contribution in [2.24, 2.45) is 5.10 Å². The zero-order chi connectivity index (χ0) is 19.8. The van der Waals surface area contributed by atoms with E-state index in [0.717, 1.165) is 17.1 Å². The number of hydrogen-bond acceptors (Lipinski definition) is 7. The molecule has 0 bridgehead atoms. The lowest BCUT2D eigenvalue weighted by molar-refractivity contribution is 0.295. The second-order valence-electron chi connectivity index (χ2n) is 6.49. The van der Waals surface area contributed by atoms with E-state index in [1.54, 1.807) is 12.4 Å². The van der Waals surface area contributed by atoms with Crippen molar-refractivity contribution in [3.8, 4) is 6.01 Å². The van der Waals surface area contributed by atoms with Crippen LogP contribution >= 0.6 is 0 Å². The third-order valence-corrected chi connectivity index (χ3v) is 3.90. The molecule has 0 saturated heterocycles. The molecule has 3 rings (SSSR count). The van der Waals surface area contributed by atoms with Gasteiger partial charge >= 0.3 is 6.01 Å². The maximum atomic E-state index is 5.74. The third-order valence-electron chi connectivity index (χ3n) is 3.90. The quantitative estimate of drug-likeness (QED) is 0.480. The topological polar surface area (TPSA) is 75.5 Å². The van der Waals surface area contributed by atoms with E-state index in [-0.39, 0.29) is 0 Å². The summed E-state index contributed by atoms with van der Waals surface area (Å²) in [5.41, 5.74) is 6.12. The zero-order valence-corrected chi connectivity index (χ0v) is 16.3. The van der Waals surface area contributed by atoms with E-state index < -0.39 is 0 Å². The molecule has 0 unspecified atom stereocenters. The second-order valence-corrected chi connectivity index (χ2v) is 6.49. The summed E-state index contributed by atoms with van der Waals surface area (Å²) in [5.74, 6) is 1.30. The number of ether oxygens (including phenoxy) is 1. The molecule has 0 radical (unpaired) electrons. The van der Waals surface area contributed by atoms with Gasteiger partial charge in [-0.25, -0.2) is 0 Å². The van der Waals surface area contributed by atoms with Gasteiger partial charge in [-0.2, -0.15) is 15.1 Å². The van der Waals surface area contributed by atoms with Gasteiger partial charge in [0.25, 0.3) is 0 Å². The van der Waals surface area contributed by atoms with Crippen LogP contribution in [0.5, 0.6) is 6.01 Å². The van der Waals surface area contributed by atoms with Crippen LogP contribution in [0.25, 0.3) is 0 Å². The van der Waals surface area contributed by atoms with Crippen LogP contribution in [0.1, 0.15) is 16.8 Å². The van der Waals surface area contributed by atoms with Gasteiger partial charge in [0.2, 0.25) is 0 Å². The molecule has 144 valence electrons. The summed E-state index contributed by atoms with van der Waals surface area (Å²) in [5, 5.41) is 4.27. The van der Waals surface area contributed by atoms with Gasteiger partial charge < -0.3 is 9.64 Å². The molecule has 0 spiro atoms. The molecule has 3 aromatic rings. The molecule has 0 saturated carbocycles. The zero-order valence-electron chi connectivity index (χ0n) is 16.3. The van der Waals surface area contributed by atoms with Gasteiger partial charge in [0.15, 0.2) is 5.82 Å². The highest BCUT2D eigenvalue weighted by atomic mass is 16.5. The van der Waals surface area contributed by atoms with Crippen molar-refractivity contribution < 1.29 is 4.74 Å². The lowest BCUT2D eigenvalue weighted by Gasteiger charge is -2.14. The molecule has 0 aliphatic heterocycles. The molecular weight excluding hydrogens is 352 g/mol. The molecule has 28 heavy (non-hydrogen) atoms. The summed E-state index contributed by atoms with van der Waals surface area (Å²) in [7, 11) is 3.83. The lowest BCUT2D eigenvalue weighted by Crippen LogP contribution is -2.13. The Hall–Kier alpha value is -3.48. The lowest BCUT2D eigenvalue weighted by atomic mass is 10.2. The van der Waals surface area contributed by atoms with Crippen LogP contribution < -0.4 is 15.1 Å². The molecule has 7 nitrogen and oxygen atoms in total. The van der Waals surface area contributed by atoms with Crippen molar-refractivity contribution in [3.05, 3.63) is 71.5 Å². The fraction of sp³-hybridized carbons (Fsp3) is 0.238. The minimum atomic E-state index is 0.301. The maximum absolute atomic E-state index is 5.74. The average Bonchev–Trinajstić information content (AvgIpc) is 2.69. The maximum Gasteiger partial charge on any atom is 0.320 e. The van der Waals surface area contributed by atoms with Gasteiger partial charge in [0, 0.05) is 38.5 Å². The molecule has 0 aliphatic carbocycles. The van der Waals surface area contributed by atoms with Crippen molar-refractivity contribution in [2.75, 3.05) is 31.0 Å². The summed E-state index contributed by atoms with van der Waals surface area (Å²) in [6.07, 6.45) is 4.21. The Kier molecular flexibility index (Phi) is 6.51. The van der Waals surface area contributed by atoms with Gasteiger partial charge in [-0.05, 0) is 24.6 Å². The van der Waals surface area contributed by atoms with Crippen LogP contribution in [-0.2, 0) is 6.42 Å². The van der Waals surface area contributed by atoms with Gasteiger partial charge in [0.1, 0.15) is 5.82 Å². The van der Waals surface area contributed by atoms with E-state index in [1.807, 2.05) is 68.4 Å². The Morgan fingerprint density at radius 2 is 2.00 bits per heavy atom. The van der Waals surface area contributed by atoms with Crippen molar-refractivity contribution in [1.29, 1.82) is 0 Å². The summed E-state index contributed by atoms with van der Waals surface area (Å²) in [4.78, 5) is 15.0. The molecule has 0 fully saturated rings. The fourth-order valence-electron chi connectivity index (χ4n) is 2.48. The minimum Gasteiger partial charge on any atom is -0.463 e. The van der Waals surface area contributed by atoms with Gasteiger partial charge in [0.05, 0.1) is 12.8 Å². The van der Waals surface area contributed by atoms with Crippen LogP contribution in [-0.4, -0.2) is 41.9 Å². The number of benzene rings is 1. The first-order valence-corrected chi connectivity index (χ1v) is 9.05. The Bertz CT molecular complexity index is 927. The van der Waals surface area contributed by atoms with Crippen LogP contribution in [0.2, 0.25) is 0 Å². The number of nitrogens with one attached hydrogen (secondary N) is 1. The first kappa shape index (κ1) is 19.3. The monoisotopic (exact) mass is 376 g/mol. The van der Waals surface area contributed by atoms with Gasteiger partial charge in [-0.15, -0.1) is 0 Å². The van der Waals surface area contributed by atoms with E-state index in [0.29, 0.717) is 24.9 Å². The highest BCUT2D eigenvalue weighted by Gasteiger charge is 2.07. The van der Waals surface area contributed by atoms with E-state index in [1.165, 1.54) is 5.56 Å². The molecule has 0 atom stereocenters. The predicted molar refractivity (Wildman–Crippen MR) is 112 cm³/mol. The first-order chi connectivity index (χ1) is 13.6. The molecule has 7 heteroatoms. The highest BCUT2D eigenvalue weighted by Crippen LogP contribution is 2.18. The van der Waals surface area contributed by atoms with Crippen molar-refractivity contribution in [1.82, 2.24) is 15.0 Å². The normalized spacial score (nSPS) is 10.8. The largest absolute Gasteiger partial charge is 0.463 e. The summed E-state index contributed by atoms with van der Waals surface area (Å²) in [6, 6.07) is 16.0. The van der Waals surface area contributed by atoms with Crippen LogP contribution in [0.3, 0.4) is 0 Å². The summed E-state index contributed by atoms with van der Waals surface area (Å²) < 4.78 is 5.74. The number of hydrogen-bond donors (Lipinski definition) is 1. The number of hydrazone groups is 1. The Labute approximate surface area is 165 Å². The smallest absolute Gasteiger partial charge is 0.320 e. The molecule has 0 aliphatic rings. The first-order valence-electron chi connectivity index (χ1n) is 9.05. The molecule has 0 amide bonds. The van der Waals surface area contributed by atoms with Gasteiger partial charge in [-0.3, -0.25) is 10.4 Å². The molecular formula is C21H24N6O. The number of pyridine rings is 1. The Morgan fingerprint density at radius 1 is 1.11 bits per heavy atom. The number of aryl methyl sites for hydroxylation is 1. The molecule has 1 aromatic carbocycles. The van der Waals surface area contributed by atoms with Crippen LogP contribution in [0, 0.1) is 6.92 Å². The molecule has 1 N–H and O–H groups in total. The number of nitrogens with zero attached hydrogens (tertiary/aromatic N) is 5. The van der Waals surface area contributed by atoms with Crippen molar-refractivity contribution >= 4 is 17.9 Å². The molecule has 2 aromatic heterocycles. The molecule has 2 heterocycles. The van der Waals surface area contributed by atoms with Crippen LogP contribution in [0.15, 0.2) is 59.8 Å². The number of rotatable bonds is 8. The third kappa shape index (κ3) is 5.77. The van der Waals surface area contributed by atoms with E-state index >= 15 is 0 Å². The van der Waals surface area contributed by atoms with Crippen LogP contribution in [0.4, 0.5) is 11.6 Å². The van der Waals surface area contributed by atoms with E-state index in [2.05, 4.69) is 31.5 Å². The summed E-state index contributed by atoms with van der Waals surface area (Å²) in [6.45, 7) is 2.49. The van der Waals surface area contributed by atoms with Crippen molar-refractivity contribution in [3.63, 3.8) is 0 Å². The Morgan fingerprint density at radius 3 is 2.75 bits per heavy atom. The average molecular weight is 376 g/mol. The van der Waals surface area contributed by atoms with E-state index in [4.69, 9.17) is 4.74 Å². The SMILES string of the molecule is Cc1cccc(C=NNc2cc(N(C)C)nc(OCCc3ccccn3)n2)c1. The Balaban J connectivity index is 1.66. The highest BCUT2D eigenvalue weighted by molar-refractivity contribution is 5.80. The standard InChI is InChI=1S/C21H24N6O/c1-16-7-6-8-17(13-16)15-23-26-19-14-20(27(2)3)25-21(24-19)28-12-10-18-9-4-5-11-22-18/h4-9,11,13-15H,10,12H2,1-3H3,(H,24,25,26). The van der Waals surface area contributed by atoms with E-state index in [9.17, 15) is 0 Å². The predicted octanol–water partition coefficient (Wildman–Crippen LogP) is 3.31. The summed E-state index contributed by atoms with van der Waals surface area (Å²) >= 11 is 0. The van der Waals surface area contributed by atoms with Crippen molar-refractivity contribution in [2.45, 2.75) is 13.3 Å². The number of anilines is 2. The fourth-order valence-corrected chi connectivity index (χ4v) is 2.48. The minimum absolute atomic E-state index is 0.301. The second kappa shape index (κ2) is 9.45.